The molecular weight excluding hydrogens is 451 g/mol. The van der Waals surface area contributed by atoms with Gasteiger partial charge in [0.1, 0.15) is 0 Å². The Kier molecular flexibility index (Phi) is 6.67. The number of amides is 1. The molecule has 0 fully saturated rings. The molecule has 128 valence electrons. The van der Waals surface area contributed by atoms with Gasteiger partial charge in [0.25, 0.3) is 11.7 Å². The van der Waals surface area contributed by atoms with Crippen molar-refractivity contribution in [2.45, 2.75) is 10.7 Å². The SMILES string of the molecule is COc1cc(I)c(C(=O)Nc2cccc(SC(F)F)c2)cc1OC. The second kappa shape index (κ2) is 8.52. The quantitative estimate of drug-likeness (QED) is 0.489. The highest BCUT2D eigenvalue weighted by atomic mass is 127. The molecule has 0 heterocycles. The number of carbonyl (C=O) groups is 1. The molecule has 1 N–H and O–H groups in total. The molecule has 0 saturated heterocycles. The molecule has 2 aromatic carbocycles. The smallest absolute Gasteiger partial charge is 0.288 e. The first-order valence-corrected chi connectivity index (χ1v) is 8.68. The van der Waals surface area contributed by atoms with Gasteiger partial charge in [0.15, 0.2) is 11.5 Å². The maximum atomic E-state index is 12.5. The van der Waals surface area contributed by atoms with E-state index in [1.807, 2.05) is 22.6 Å². The Hall–Kier alpha value is -1.55. The fourth-order valence-corrected chi connectivity index (χ4v) is 3.22. The molecule has 24 heavy (non-hydrogen) atoms. The van der Waals surface area contributed by atoms with Gasteiger partial charge in [-0.1, -0.05) is 17.8 Å². The van der Waals surface area contributed by atoms with Crippen LogP contribution < -0.4 is 14.8 Å². The summed E-state index contributed by atoms with van der Waals surface area (Å²) < 4.78 is 35.9. The van der Waals surface area contributed by atoms with Gasteiger partial charge in [-0.25, -0.2) is 0 Å². The van der Waals surface area contributed by atoms with Crippen molar-refractivity contribution < 1.29 is 23.0 Å². The molecule has 1 amide bonds. The lowest BCUT2D eigenvalue weighted by Gasteiger charge is -2.12. The van der Waals surface area contributed by atoms with Crippen LogP contribution in [0.3, 0.4) is 0 Å². The number of hydrogen-bond donors (Lipinski definition) is 1. The molecule has 0 unspecified atom stereocenters. The van der Waals surface area contributed by atoms with E-state index in [0.717, 1.165) is 0 Å². The Morgan fingerprint density at radius 1 is 1.17 bits per heavy atom. The molecule has 0 aliphatic carbocycles. The van der Waals surface area contributed by atoms with Gasteiger partial charge in [0.05, 0.1) is 19.8 Å². The number of anilines is 1. The summed E-state index contributed by atoms with van der Waals surface area (Å²) in [4.78, 5) is 12.8. The molecule has 0 aromatic heterocycles. The van der Waals surface area contributed by atoms with Crippen LogP contribution in [0.5, 0.6) is 11.5 Å². The van der Waals surface area contributed by atoms with Crippen LogP contribution >= 0.6 is 34.4 Å². The molecule has 0 spiro atoms. The van der Waals surface area contributed by atoms with Crippen molar-refractivity contribution in [1.29, 1.82) is 0 Å². The summed E-state index contributed by atoms with van der Waals surface area (Å²) in [6, 6.07) is 9.58. The minimum atomic E-state index is -2.51. The number of hydrogen-bond acceptors (Lipinski definition) is 4. The lowest BCUT2D eigenvalue weighted by atomic mass is 10.2. The molecule has 0 atom stereocenters. The summed E-state index contributed by atoms with van der Waals surface area (Å²) in [6.07, 6.45) is 0. The van der Waals surface area contributed by atoms with E-state index in [-0.39, 0.29) is 5.91 Å². The first kappa shape index (κ1) is 18.8. The molecule has 0 aliphatic rings. The van der Waals surface area contributed by atoms with Crippen LogP contribution in [-0.2, 0) is 0 Å². The van der Waals surface area contributed by atoms with Crippen molar-refractivity contribution >= 4 is 45.9 Å². The first-order valence-electron chi connectivity index (χ1n) is 6.72. The van der Waals surface area contributed by atoms with E-state index in [1.54, 1.807) is 30.3 Å². The Labute approximate surface area is 156 Å². The summed E-state index contributed by atoms with van der Waals surface area (Å²) in [5, 5.41) is 2.70. The van der Waals surface area contributed by atoms with E-state index in [2.05, 4.69) is 5.32 Å². The summed E-state index contributed by atoms with van der Waals surface area (Å²) in [6.45, 7) is 0. The summed E-state index contributed by atoms with van der Waals surface area (Å²) in [5.74, 6) is -1.92. The zero-order valence-electron chi connectivity index (χ0n) is 12.8. The number of alkyl halides is 2. The van der Waals surface area contributed by atoms with Crippen molar-refractivity contribution in [3.05, 3.63) is 45.5 Å². The van der Waals surface area contributed by atoms with E-state index in [0.29, 0.717) is 43.0 Å². The lowest BCUT2D eigenvalue weighted by Crippen LogP contribution is -2.14. The number of ether oxygens (including phenoxy) is 2. The van der Waals surface area contributed by atoms with Gasteiger partial charge in [0.2, 0.25) is 0 Å². The minimum Gasteiger partial charge on any atom is -0.493 e. The number of halogens is 3. The molecule has 0 bridgehead atoms. The van der Waals surface area contributed by atoms with Crippen LogP contribution in [0.15, 0.2) is 41.3 Å². The zero-order valence-corrected chi connectivity index (χ0v) is 15.8. The zero-order chi connectivity index (χ0) is 17.7. The number of rotatable bonds is 6. The van der Waals surface area contributed by atoms with Crippen molar-refractivity contribution in [2.24, 2.45) is 0 Å². The molecule has 0 saturated carbocycles. The van der Waals surface area contributed by atoms with Gasteiger partial charge in [-0.15, -0.1) is 0 Å². The van der Waals surface area contributed by atoms with Gasteiger partial charge in [-0.05, 0) is 52.9 Å². The highest BCUT2D eigenvalue weighted by Gasteiger charge is 2.16. The van der Waals surface area contributed by atoms with Gasteiger partial charge < -0.3 is 14.8 Å². The summed E-state index contributed by atoms with van der Waals surface area (Å²) in [5.41, 5.74) is 0.844. The highest BCUT2D eigenvalue weighted by Crippen LogP contribution is 2.32. The highest BCUT2D eigenvalue weighted by molar-refractivity contribution is 14.1. The van der Waals surface area contributed by atoms with Crippen molar-refractivity contribution in [3.63, 3.8) is 0 Å². The minimum absolute atomic E-state index is 0.362. The standard InChI is InChI=1S/C16H14F2INO3S/c1-22-13-7-11(12(19)8-14(13)23-2)15(21)20-9-4-3-5-10(6-9)24-16(17)18/h3-8,16H,1-2H3,(H,20,21). The van der Waals surface area contributed by atoms with Gasteiger partial charge in [-0.2, -0.15) is 8.78 Å². The van der Waals surface area contributed by atoms with E-state index in [4.69, 9.17) is 9.47 Å². The average Bonchev–Trinajstić information content (AvgIpc) is 2.54. The fraction of sp³-hybridized carbons (Fsp3) is 0.188. The number of benzene rings is 2. The normalized spacial score (nSPS) is 10.6. The maximum Gasteiger partial charge on any atom is 0.288 e. The largest absolute Gasteiger partial charge is 0.493 e. The summed E-state index contributed by atoms with van der Waals surface area (Å²) >= 11 is 2.45. The van der Waals surface area contributed by atoms with Crippen LogP contribution in [-0.4, -0.2) is 25.9 Å². The number of nitrogens with one attached hydrogen (secondary N) is 1. The van der Waals surface area contributed by atoms with Crippen LogP contribution in [0.2, 0.25) is 0 Å². The van der Waals surface area contributed by atoms with Crippen LogP contribution in [0.25, 0.3) is 0 Å². The first-order chi connectivity index (χ1) is 11.4. The molecule has 4 nitrogen and oxygen atoms in total. The molecular formula is C16H14F2INO3S. The van der Waals surface area contributed by atoms with E-state index >= 15 is 0 Å². The van der Waals surface area contributed by atoms with Crippen molar-refractivity contribution in [3.8, 4) is 11.5 Å². The Morgan fingerprint density at radius 3 is 2.46 bits per heavy atom. The number of thioether (sulfide) groups is 1. The third-order valence-corrected chi connectivity index (χ3v) is 4.63. The van der Waals surface area contributed by atoms with E-state index in [9.17, 15) is 13.6 Å². The topological polar surface area (TPSA) is 47.6 Å². The van der Waals surface area contributed by atoms with Gasteiger partial charge >= 0.3 is 0 Å². The third kappa shape index (κ3) is 4.73. The van der Waals surface area contributed by atoms with E-state index in [1.165, 1.54) is 20.3 Å². The van der Waals surface area contributed by atoms with Crippen molar-refractivity contribution in [2.75, 3.05) is 19.5 Å². The molecule has 0 radical (unpaired) electrons. The van der Waals surface area contributed by atoms with Crippen LogP contribution in [0, 0.1) is 3.57 Å². The molecule has 2 rings (SSSR count). The van der Waals surface area contributed by atoms with Gasteiger partial charge in [-0.3, -0.25) is 4.79 Å². The predicted octanol–water partition coefficient (Wildman–Crippen LogP) is 4.88. The number of methoxy groups -OCH3 is 2. The summed E-state index contributed by atoms with van der Waals surface area (Å²) in [7, 11) is 3.00. The Bertz CT molecular complexity index is 743. The number of carbonyl (C=O) groups excluding carboxylic acids is 1. The Balaban J connectivity index is 2.24. The molecule has 0 aliphatic heterocycles. The molecule has 8 heteroatoms. The van der Waals surface area contributed by atoms with Crippen molar-refractivity contribution in [1.82, 2.24) is 0 Å². The third-order valence-electron chi connectivity index (χ3n) is 3.03. The molecule has 2 aromatic rings. The van der Waals surface area contributed by atoms with E-state index < -0.39 is 5.76 Å². The second-order valence-corrected chi connectivity index (χ2v) is 6.77. The lowest BCUT2D eigenvalue weighted by molar-refractivity contribution is 0.102. The predicted molar refractivity (Wildman–Crippen MR) is 98.5 cm³/mol. The maximum absolute atomic E-state index is 12.5. The van der Waals surface area contributed by atoms with Gasteiger partial charge in [0, 0.05) is 14.2 Å². The Morgan fingerprint density at radius 2 is 1.83 bits per heavy atom. The average molecular weight is 465 g/mol. The van der Waals surface area contributed by atoms with Crippen LogP contribution in [0.4, 0.5) is 14.5 Å². The monoisotopic (exact) mass is 465 g/mol. The van der Waals surface area contributed by atoms with Crippen LogP contribution in [0.1, 0.15) is 10.4 Å². The second-order valence-electron chi connectivity index (χ2n) is 4.55. The fourth-order valence-electron chi connectivity index (χ4n) is 1.98.